The zero-order valence-corrected chi connectivity index (χ0v) is 10.9. The summed E-state index contributed by atoms with van der Waals surface area (Å²) < 4.78 is 25.4. The second-order valence-electron chi connectivity index (χ2n) is 5.88. The lowest BCUT2D eigenvalue weighted by molar-refractivity contribution is -0.0280. The lowest BCUT2D eigenvalue weighted by Crippen LogP contribution is -2.61. The molecule has 2 nitrogen and oxygen atoms in total. The van der Waals surface area contributed by atoms with Crippen LogP contribution in [-0.2, 0) is 0 Å². The molecule has 2 aliphatic rings. The van der Waals surface area contributed by atoms with Gasteiger partial charge in [-0.2, -0.15) is 0 Å². The van der Waals surface area contributed by atoms with Crippen LogP contribution in [0.3, 0.4) is 0 Å². The molecule has 0 amide bonds. The summed E-state index contributed by atoms with van der Waals surface area (Å²) in [6, 6.07) is 0.770. The highest BCUT2D eigenvalue weighted by molar-refractivity contribution is 4.91. The number of likely N-dealkylation sites (N-methyl/N-ethyl adjacent to an activating group) is 1. The molecule has 17 heavy (non-hydrogen) atoms. The Labute approximate surface area is 103 Å². The van der Waals surface area contributed by atoms with Crippen LogP contribution in [0.4, 0.5) is 8.78 Å². The zero-order chi connectivity index (χ0) is 12.4. The van der Waals surface area contributed by atoms with E-state index in [0.29, 0.717) is 12.1 Å². The van der Waals surface area contributed by atoms with Gasteiger partial charge in [0.2, 0.25) is 0 Å². The van der Waals surface area contributed by atoms with Gasteiger partial charge in [-0.1, -0.05) is 6.92 Å². The molecule has 0 N–H and O–H groups in total. The Morgan fingerprint density at radius 2 is 1.71 bits per heavy atom. The van der Waals surface area contributed by atoms with Crippen molar-refractivity contribution in [1.82, 2.24) is 9.80 Å². The minimum Gasteiger partial charge on any atom is -0.303 e. The molecule has 0 spiro atoms. The van der Waals surface area contributed by atoms with E-state index in [1.54, 1.807) is 0 Å². The third kappa shape index (κ3) is 3.38. The maximum absolute atomic E-state index is 12.7. The number of rotatable bonds is 4. The summed E-state index contributed by atoms with van der Waals surface area (Å²) in [6.07, 6.45) is 2.42. The first-order valence-electron chi connectivity index (χ1n) is 6.78. The van der Waals surface area contributed by atoms with Gasteiger partial charge in [-0.3, -0.25) is 4.90 Å². The number of nitrogens with zero attached hydrogens (tertiary/aromatic N) is 2. The molecular weight excluding hydrogens is 222 g/mol. The molecule has 4 heteroatoms. The molecular formula is C13H24F2N2. The lowest BCUT2D eigenvalue weighted by atomic mass is 9.85. The number of hydrogen-bond donors (Lipinski definition) is 0. The molecule has 0 unspecified atom stereocenters. The average molecular weight is 246 g/mol. The standard InChI is InChI=1S/C13H24F2N2/c1-10-3-5-11(6-4-10)17(9-13(14)15)12-7-16(2)8-12/h10-13H,3-9H2,1-2H3. The Hall–Kier alpha value is -0.220. The van der Waals surface area contributed by atoms with Crippen LogP contribution in [0, 0.1) is 5.92 Å². The highest BCUT2D eigenvalue weighted by atomic mass is 19.3. The van der Waals surface area contributed by atoms with Crippen LogP contribution in [0.15, 0.2) is 0 Å². The summed E-state index contributed by atoms with van der Waals surface area (Å²) >= 11 is 0. The van der Waals surface area contributed by atoms with E-state index in [2.05, 4.69) is 23.8 Å². The van der Waals surface area contributed by atoms with E-state index in [4.69, 9.17) is 0 Å². The molecule has 100 valence electrons. The Kier molecular flexibility index (Phi) is 4.36. The molecule has 0 aromatic heterocycles. The lowest BCUT2D eigenvalue weighted by Gasteiger charge is -2.48. The molecule has 0 aromatic carbocycles. The maximum Gasteiger partial charge on any atom is 0.251 e. The van der Waals surface area contributed by atoms with E-state index < -0.39 is 6.43 Å². The zero-order valence-electron chi connectivity index (χ0n) is 10.9. The number of hydrogen-bond acceptors (Lipinski definition) is 2. The molecule has 2 fully saturated rings. The minimum absolute atomic E-state index is 0.0302. The molecule has 1 aliphatic carbocycles. The van der Waals surface area contributed by atoms with Crippen LogP contribution in [0.25, 0.3) is 0 Å². The Bertz CT molecular complexity index is 234. The van der Waals surface area contributed by atoms with Gasteiger partial charge in [-0.15, -0.1) is 0 Å². The van der Waals surface area contributed by atoms with Crippen molar-refractivity contribution >= 4 is 0 Å². The molecule has 0 bridgehead atoms. The van der Waals surface area contributed by atoms with Gasteiger partial charge in [0.15, 0.2) is 0 Å². The van der Waals surface area contributed by atoms with Gasteiger partial charge in [0.05, 0.1) is 6.54 Å². The van der Waals surface area contributed by atoms with Crippen molar-refractivity contribution in [2.75, 3.05) is 26.7 Å². The summed E-state index contributed by atoms with van der Waals surface area (Å²) in [5.41, 5.74) is 0. The molecule has 1 saturated carbocycles. The SMILES string of the molecule is CC1CCC(N(CC(F)F)C2CN(C)C2)CC1. The second-order valence-corrected chi connectivity index (χ2v) is 5.88. The third-order valence-electron chi connectivity index (χ3n) is 4.32. The van der Waals surface area contributed by atoms with Gasteiger partial charge in [-0.05, 0) is 38.6 Å². The van der Waals surface area contributed by atoms with Crippen LogP contribution >= 0.6 is 0 Å². The van der Waals surface area contributed by atoms with Crippen LogP contribution < -0.4 is 0 Å². The fourth-order valence-electron chi connectivity index (χ4n) is 3.21. The summed E-state index contributed by atoms with van der Waals surface area (Å²) in [6.45, 7) is 4.15. The average Bonchev–Trinajstić information content (AvgIpc) is 2.23. The van der Waals surface area contributed by atoms with Gasteiger partial charge in [-0.25, -0.2) is 8.78 Å². The highest BCUT2D eigenvalue weighted by Gasteiger charge is 2.36. The summed E-state index contributed by atoms with van der Waals surface area (Å²) in [7, 11) is 2.06. The van der Waals surface area contributed by atoms with Gasteiger partial charge >= 0.3 is 0 Å². The van der Waals surface area contributed by atoms with Crippen molar-refractivity contribution < 1.29 is 8.78 Å². The van der Waals surface area contributed by atoms with Gasteiger partial charge in [0.1, 0.15) is 0 Å². The van der Waals surface area contributed by atoms with E-state index in [9.17, 15) is 8.78 Å². The fourth-order valence-corrected chi connectivity index (χ4v) is 3.21. The molecule has 1 heterocycles. The minimum atomic E-state index is -2.19. The molecule has 1 aliphatic heterocycles. The predicted molar refractivity (Wildman–Crippen MR) is 65.4 cm³/mol. The predicted octanol–water partition coefficient (Wildman–Crippen LogP) is 2.45. The van der Waals surface area contributed by atoms with Crippen molar-refractivity contribution in [1.29, 1.82) is 0 Å². The van der Waals surface area contributed by atoms with Gasteiger partial charge in [0.25, 0.3) is 6.43 Å². The van der Waals surface area contributed by atoms with Crippen molar-refractivity contribution in [2.45, 2.75) is 51.1 Å². The van der Waals surface area contributed by atoms with E-state index in [1.807, 2.05) is 0 Å². The van der Waals surface area contributed by atoms with Gasteiger partial charge in [0, 0.05) is 25.2 Å². The van der Waals surface area contributed by atoms with E-state index in [1.165, 1.54) is 12.8 Å². The van der Waals surface area contributed by atoms with Crippen LogP contribution in [0.1, 0.15) is 32.6 Å². The van der Waals surface area contributed by atoms with Crippen molar-refractivity contribution in [2.24, 2.45) is 5.92 Å². The molecule has 2 rings (SSSR count). The van der Waals surface area contributed by atoms with Crippen molar-refractivity contribution in [3.8, 4) is 0 Å². The Morgan fingerprint density at radius 3 is 2.18 bits per heavy atom. The second kappa shape index (κ2) is 5.61. The van der Waals surface area contributed by atoms with Gasteiger partial charge < -0.3 is 4.90 Å². The first kappa shape index (κ1) is 13.2. The number of likely N-dealkylation sites (tertiary alicyclic amines) is 1. The Balaban J connectivity index is 1.90. The first-order valence-corrected chi connectivity index (χ1v) is 6.78. The smallest absolute Gasteiger partial charge is 0.251 e. The molecule has 0 aromatic rings. The monoisotopic (exact) mass is 246 g/mol. The van der Waals surface area contributed by atoms with Crippen molar-refractivity contribution in [3.05, 3.63) is 0 Å². The summed E-state index contributed by atoms with van der Waals surface area (Å²) in [5, 5.41) is 0. The quantitative estimate of drug-likeness (QED) is 0.752. The highest BCUT2D eigenvalue weighted by Crippen LogP contribution is 2.30. The largest absolute Gasteiger partial charge is 0.303 e. The Morgan fingerprint density at radius 1 is 1.12 bits per heavy atom. The van der Waals surface area contributed by atoms with Crippen LogP contribution in [0.2, 0.25) is 0 Å². The molecule has 0 radical (unpaired) electrons. The fraction of sp³-hybridized carbons (Fsp3) is 1.00. The normalized spacial score (nSPS) is 32.1. The van der Waals surface area contributed by atoms with Crippen molar-refractivity contribution in [3.63, 3.8) is 0 Å². The topological polar surface area (TPSA) is 6.48 Å². The van der Waals surface area contributed by atoms with Crippen LogP contribution in [0.5, 0.6) is 0 Å². The summed E-state index contributed by atoms with van der Waals surface area (Å²) in [4.78, 5) is 4.30. The van der Waals surface area contributed by atoms with E-state index in [0.717, 1.165) is 31.8 Å². The molecule has 0 atom stereocenters. The summed E-state index contributed by atoms with van der Waals surface area (Å²) in [5.74, 6) is 0.781. The maximum atomic E-state index is 12.7. The first-order chi connectivity index (χ1) is 8.06. The van der Waals surface area contributed by atoms with Crippen LogP contribution in [-0.4, -0.2) is 55.0 Å². The molecule has 1 saturated heterocycles. The third-order valence-corrected chi connectivity index (χ3v) is 4.32. The van der Waals surface area contributed by atoms with E-state index >= 15 is 0 Å². The number of halogens is 2. The number of alkyl halides is 2. The van der Waals surface area contributed by atoms with E-state index in [-0.39, 0.29) is 6.54 Å².